The van der Waals surface area contributed by atoms with Crippen molar-refractivity contribution >= 4 is 46.6 Å². The largest absolute Gasteiger partial charge is 0.399 e. The third kappa shape index (κ3) is 8.99. The van der Waals surface area contributed by atoms with Gasteiger partial charge in [-0.1, -0.05) is 35.3 Å². The number of carbonyl (C=O) groups is 1. The first-order valence-electron chi connectivity index (χ1n) is 9.92. The van der Waals surface area contributed by atoms with Crippen LogP contribution in [0.3, 0.4) is 0 Å². The number of carbonyl (C=O) groups excluding carboxylic acids is 1. The second kappa shape index (κ2) is 12.0. The van der Waals surface area contributed by atoms with E-state index in [-0.39, 0.29) is 33.0 Å². The predicted molar refractivity (Wildman–Crippen MR) is 123 cm³/mol. The number of thioether (sulfide) groups is 1. The van der Waals surface area contributed by atoms with Gasteiger partial charge in [0.15, 0.2) is 5.78 Å². The molecule has 0 heterocycles. The monoisotopic (exact) mass is 564 g/mol. The maximum atomic E-state index is 15.0. The topological polar surface area (TPSA) is 17.1 Å². The van der Waals surface area contributed by atoms with Gasteiger partial charge in [0, 0.05) is 21.2 Å². The van der Waals surface area contributed by atoms with Crippen molar-refractivity contribution < 1.29 is 39.9 Å². The standard InChI is InChI=1S/C23H18Cl2F8OS/c1-12(34)17-3-2-13(8-18(17)20(26)4-5-35-11-22(28,29)30)21(27)10-19(23(31,32)33)14-6-15(24)9-16(25)7-14/h2-3,6-10,19-20H,4-5,11H2,1H3/b21-10-. The Labute approximate surface area is 210 Å². The normalized spacial score (nSPS) is 14.7. The molecule has 0 aliphatic carbocycles. The minimum Gasteiger partial charge on any atom is -0.294 e. The average molecular weight is 565 g/mol. The maximum absolute atomic E-state index is 15.0. The molecule has 1 nitrogen and oxygen atoms in total. The first-order valence-corrected chi connectivity index (χ1v) is 11.8. The van der Waals surface area contributed by atoms with Crippen LogP contribution in [0.5, 0.6) is 0 Å². The minimum absolute atomic E-state index is 0.0904. The fourth-order valence-electron chi connectivity index (χ4n) is 3.20. The van der Waals surface area contributed by atoms with Crippen LogP contribution in [0.4, 0.5) is 35.1 Å². The molecule has 0 bridgehead atoms. The molecule has 0 saturated carbocycles. The van der Waals surface area contributed by atoms with Crippen LogP contribution >= 0.6 is 35.0 Å². The fraction of sp³-hybridized carbons (Fsp3) is 0.348. The van der Waals surface area contributed by atoms with Crippen molar-refractivity contribution in [3.63, 3.8) is 0 Å². The third-order valence-electron chi connectivity index (χ3n) is 4.74. The summed E-state index contributed by atoms with van der Waals surface area (Å²) in [6.45, 7) is 1.11. The van der Waals surface area contributed by atoms with Crippen LogP contribution in [-0.2, 0) is 0 Å². The van der Waals surface area contributed by atoms with E-state index in [1.54, 1.807) is 0 Å². The van der Waals surface area contributed by atoms with Gasteiger partial charge in [0.1, 0.15) is 17.9 Å². The molecule has 2 rings (SSSR count). The van der Waals surface area contributed by atoms with Crippen molar-refractivity contribution in [3.05, 3.63) is 74.8 Å². The van der Waals surface area contributed by atoms with E-state index in [0.29, 0.717) is 11.8 Å². The molecule has 0 spiro atoms. The lowest BCUT2D eigenvalue weighted by atomic mass is 9.93. The molecule has 2 unspecified atom stereocenters. The second-order valence-corrected chi connectivity index (χ2v) is 9.50. The highest BCUT2D eigenvalue weighted by atomic mass is 35.5. The molecule has 2 aromatic carbocycles. The summed E-state index contributed by atoms with van der Waals surface area (Å²) in [6, 6.07) is 6.15. The Bertz CT molecular complexity index is 1060. The van der Waals surface area contributed by atoms with E-state index < -0.39 is 59.4 Å². The molecule has 0 N–H and O–H groups in total. The van der Waals surface area contributed by atoms with Gasteiger partial charge < -0.3 is 0 Å². The van der Waals surface area contributed by atoms with Gasteiger partial charge in [0.2, 0.25) is 0 Å². The van der Waals surface area contributed by atoms with E-state index in [0.717, 1.165) is 37.3 Å². The first kappa shape index (κ1) is 29.5. The highest BCUT2D eigenvalue weighted by Crippen LogP contribution is 2.40. The van der Waals surface area contributed by atoms with E-state index in [1.807, 2.05) is 0 Å². The minimum atomic E-state index is -4.92. The summed E-state index contributed by atoms with van der Waals surface area (Å²) in [5.74, 6) is -5.81. The van der Waals surface area contributed by atoms with Crippen molar-refractivity contribution in [2.24, 2.45) is 0 Å². The Morgan fingerprint density at radius 3 is 2.14 bits per heavy atom. The van der Waals surface area contributed by atoms with Crippen LogP contribution in [0, 0.1) is 0 Å². The number of allylic oxidation sites excluding steroid dienone is 1. The van der Waals surface area contributed by atoms with Gasteiger partial charge in [-0.3, -0.25) is 4.79 Å². The van der Waals surface area contributed by atoms with Crippen molar-refractivity contribution in [1.82, 2.24) is 0 Å². The van der Waals surface area contributed by atoms with Gasteiger partial charge in [-0.05, 0) is 60.6 Å². The van der Waals surface area contributed by atoms with Crippen LogP contribution in [0.2, 0.25) is 10.0 Å². The fourth-order valence-corrected chi connectivity index (χ4v) is 4.49. The summed E-state index contributed by atoms with van der Waals surface area (Å²) in [5, 5.41) is -0.181. The smallest absolute Gasteiger partial charge is 0.294 e. The SMILES string of the molecule is CC(=O)c1ccc(/C(F)=C/C(c2cc(Cl)cc(Cl)c2)C(F)(F)F)cc1C(F)CCSCC(F)(F)F. The molecule has 2 aromatic rings. The van der Waals surface area contributed by atoms with Gasteiger partial charge in [0.25, 0.3) is 0 Å². The van der Waals surface area contributed by atoms with Crippen molar-refractivity contribution in [2.45, 2.75) is 37.8 Å². The molecule has 0 radical (unpaired) electrons. The molecule has 192 valence electrons. The van der Waals surface area contributed by atoms with E-state index in [4.69, 9.17) is 23.2 Å². The van der Waals surface area contributed by atoms with Crippen molar-refractivity contribution in [1.29, 1.82) is 0 Å². The lowest BCUT2D eigenvalue weighted by Crippen LogP contribution is -2.19. The number of halogens is 10. The Balaban J connectivity index is 2.40. The van der Waals surface area contributed by atoms with Gasteiger partial charge in [-0.25, -0.2) is 8.78 Å². The zero-order chi connectivity index (χ0) is 26.6. The predicted octanol–water partition coefficient (Wildman–Crippen LogP) is 9.55. The van der Waals surface area contributed by atoms with Gasteiger partial charge >= 0.3 is 12.4 Å². The summed E-state index contributed by atoms with van der Waals surface area (Å²) in [5.41, 5.74) is -1.32. The van der Waals surface area contributed by atoms with E-state index >= 15 is 0 Å². The van der Waals surface area contributed by atoms with E-state index in [2.05, 4.69) is 0 Å². The Hall–Kier alpha value is -1.78. The van der Waals surface area contributed by atoms with Crippen LogP contribution in [-0.4, -0.2) is 29.6 Å². The Kier molecular flexibility index (Phi) is 10.1. The number of hydrogen-bond acceptors (Lipinski definition) is 2. The highest BCUT2D eigenvalue weighted by Gasteiger charge is 2.40. The average Bonchev–Trinajstić information content (AvgIpc) is 2.71. The molecule has 0 fully saturated rings. The number of ketones is 1. The Morgan fingerprint density at radius 1 is 1.03 bits per heavy atom. The molecule has 0 saturated heterocycles. The van der Waals surface area contributed by atoms with Crippen LogP contribution in [0.15, 0.2) is 42.5 Å². The van der Waals surface area contributed by atoms with Gasteiger partial charge in [0.05, 0.1) is 5.75 Å². The Morgan fingerprint density at radius 2 is 1.63 bits per heavy atom. The first-order chi connectivity index (χ1) is 16.1. The molecular weight excluding hydrogens is 547 g/mol. The molecule has 0 aliphatic rings. The molecule has 0 amide bonds. The molecule has 0 aromatic heterocycles. The van der Waals surface area contributed by atoms with Crippen molar-refractivity contribution in [3.8, 4) is 0 Å². The molecule has 0 aliphatic heterocycles. The number of alkyl halides is 7. The van der Waals surface area contributed by atoms with Crippen LogP contribution in [0.1, 0.15) is 52.5 Å². The zero-order valence-corrected chi connectivity index (χ0v) is 20.2. The van der Waals surface area contributed by atoms with Crippen molar-refractivity contribution in [2.75, 3.05) is 11.5 Å². The molecule has 2 atom stereocenters. The molecular formula is C23H18Cl2F8OS. The summed E-state index contributed by atoms with van der Waals surface area (Å²) < 4.78 is 108. The molecule has 12 heteroatoms. The van der Waals surface area contributed by atoms with Crippen LogP contribution < -0.4 is 0 Å². The maximum Gasteiger partial charge on any atom is 0.399 e. The second-order valence-electron chi connectivity index (χ2n) is 7.52. The molecule has 35 heavy (non-hydrogen) atoms. The summed E-state index contributed by atoms with van der Waals surface area (Å²) in [6.07, 6.45) is -11.4. The third-order valence-corrected chi connectivity index (χ3v) is 6.23. The lowest BCUT2D eigenvalue weighted by Gasteiger charge is -2.19. The van der Waals surface area contributed by atoms with Gasteiger partial charge in [-0.2, -0.15) is 38.1 Å². The quantitative estimate of drug-likeness (QED) is 0.171. The summed E-state index contributed by atoms with van der Waals surface area (Å²) in [4.78, 5) is 11.9. The van der Waals surface area contributed by atoms with E-state index in [1.165, 1.54) is 6.07 Å². The summed E-state index contributed by atoms with van der Waals surface area (Å²) >= 11 is 12.0. The lowest BCUT2D eigenvalue weighted by molar-refractivity contribution is -0.139. The number of benzene rings is 2. The highest BCUT2D eigenvalue weighted by molar-refractivity contribution is 7.99. The zero-order valence-electron chi connectivity index (χ0n) is 17.9. The number of rotatable bonds is 9. The van der Waals surface area contributed by atoms with Crippen LogP contribution in [0.25, 0.3) is 5.83 Å². The van der Waals surface area contributed by atoms with E-state index in [9.17, 15) is 39.9 Å². The number of Topliss-reactive ketones (excluding diaryl/α,β-unsaturated/α-hetero) is 1. The number of hydrogen-bond donors (Lipinski definition) is 0. The van der Waals surface area contributed by atoms with Gasteiger partial charge in [-0.15, -0.1) is 0 Å². The summed E-state index contributed by atoms with van der Waals surface area (Å²) in [7, 11) is 0.